The fourth-order valence-electron chi connectivity index (χ4n) is 2.13. The number of fused-ring (bicyclic) bond motifs is 1. The van der Waals surface area contributed by atoms with Gasteiger partial charge in [-0.25, -0.2) is 14.2 Å². The maximum atomic E-state index is 12.5. The van der Waals surface area contributed by atoms with Gasteiger partial charge in [0.05, 0.1) is 25.1 Å². The van der Waals surface area contributed by atoms with Crippen molar-refractivity contribution in [3.05, 3.63) is 39.1 Å². The highest BCUT2D eigenvalue weighted by molar-refractivity contribution is 5.83. The summed E-state index contributed by atoms with van der Waals surface area (Å²) in [6.45, 7) is 0.921. The minimum atomic E-state index is -1.41. The van der Waals surface area contributed by atoms with Gasteiger partial charge < -0.3 is 24.7 Å². The van der Waals surface area contributed by atoms with Gasteiger partial charge in [0.25, 0.3) is 5.56 Å². The van der Waals surface area contributed by atoms with Crippen LogP contribution in [0.2, 0.25) is 0 Å². The van der Waals surface area contributed by atoms with Gasteiger partial charge in [0, 0.05) is 0 Å². The van der Waals surface area contributed by atoms with E-state index in [1.807, 2.05) is 0 Å². The smallest absolute Gasteiger partial charge is 0.437 e. The predicted molar refractivity (Wildman–Crippen MR) is 87.6 cm³/mol. The number of ether oxygens (including phenoxy) is 2. The molecule has 0 radical (unpaired) electrons. The number of nitrogens with two attached hydrogens (primary N) is 1. The van der Waals surface area contributed by atoms with E-state index >= 15 is 0 Å². The number of aliphatic hydroxyl groups excluding tert-OH is 1. The van der Waals surface area contributed by atoms with E-state index in [9.17, 15) is 24.3 Å². The van der Waals surface area contributed by atoms with E-state index in [0.717, 1.165) is 7.11 Å². The molecule has 0 fully saturated rings. The van der Waals surface area contributed by atoms with Crippen LogP contribution in [0.3, 0.4) is 0 Å². The standard InChI is InChI=1S/C15H17N3O8/c1-7(12(16)20)17-10(19)6-18-13(21)8-4-3-5-9(25-15(23)24-2)11(8)26-14(18)22/h3-5,7,10,17,19H,6H2,1-2H3,(H2,16,20). The van der Waals surface area contributed by atoms with Crippen LogP contribution < -0.4 is 27.1 Å². The van der Waals surface area contributed by atoms with Crippen LogP contribution in [-0.4, -0.2) is 41.1 Å². The molecule has 0 bridgehead atoms. The number of nitrogens with one attached hydrogen (secondary N) is 1. The third-order valence-electron chi connectivity index (χ3n) is 3.45. The summed E-state index contributed by atoms with van der Waals surface area (Å²) < 4.78 is 14.9. The predicted octanol–water partition coefficient (Wildman–Crippen LogP) is -1.12. The summed E-state index contributed by atoms with van der Waals surface area (Å²) in [4.78, 5) is 46.9. The molecule has 1 aromatic carbocycles. The lowest BCUT2D eigenvalue weighted by Gasteiger charge is -2.17. The molecule has 11 heteroatoms. The van der Waals surface area contributed by atoms with E-state index in [1.165, 1.54) is 25.1 Å². The summed E-state index contributed by atoms with van der Waals surface area (Å²) in [5, 5.41) is 12.3. The fourth-order valence-corrected chi connectivity index (χ4v) is 2.13. The van der Waals surface area contributed by atoms with Crippen LogP contribution in [0.25, 0.3) is 11.0 Å². The van der Waals surface area contributed by atoms with Crippen molar-refractivity contribution in [2.24, 2.45) is 5.73 Å². The van der Waals surface area contributed by atoms with Crippen LogP contribution in [0.1, 0.15) is 6.92 Å². The number of aliphatic hydroxyl groups is 1. The lowest BCUT2D eigenvalue weighted by molar-refractivity contribution is -0.120. The minimum absolute atomic E-state index is 0.0545. The van der Waals surface area contributed by atoms with E-state index in [0.29, 0.717) is 4.57 Å². The van der Waals surface area contributed by atoms with Gasteiger partial charge in [0.2, 0.25) is 5.91 Å². The van der Waals surface area contributed by atoms with Gasteiger partial charge in [0.15, 0.2) is 11.3 Å². The molecule has 26 heavy (non-hydrogen) atoms. The Balaban J connectivity index is 2.41. The first-order valence-corrected chi connectivity index (χ1v) is 7.40. The molecule has 1 amide bonds. The Kier molecular flexibility index (Phi) is 5.75. The number of primary amides is 1. The topological polar surface area (TPSA) is 163 Å². The fraction of sp³-hybridized carbons (Fsp3) is 0.333. The second-order valence-electron chi connectivity index (χ2n) is 5.28. The molecule has 0 aliphatic heterocycles. The average Bonchev–Trinajstić information content (AvgIpc) is 2.59. The highest BCUT2D eigenvalue weighted by Crippen LogP contribution is 2.22. The second-order valence-corrected chi connectivity index (χ2v) is 5.28. The highest BCUT2D eigenvalue weighted by Gasteiger charge is 2.19. The van der Waals surface area contributed by atoms with Crippen LogP contribution >= 0.6 is 0 Å². The van der Waals surface area contributed by atoms with Crippen LogP contribution in [0.15, 0.2) is 32.2 Å². The zero-order chi connectivity index (χ0) is 19.4. The van der Waals surface area contributed by atoms with Crippen molar-refractivity contribution in [2.75, 3.05) is 7.11 Å². The largest absolute Gasteiger partial charge is 0.513 e. The number of nitrogens with zero attached hydrogens (tertiary/aromatic N) is 1. The second kappa shape index (κ2) is 7.80. The molecule has 0 saturated heterocycles. The molecule has 4 N–H and O–H groups in total. The summed E-state index contributed by atoms with van der Waals surface area (Å²) in [5.41, 5.74) is 4.05. The molecule has 1 aromatic heterocycles. The number of carbonyl (C=O) groups excluding carboxylic acids is 2. The molecule has 0 aliphatic carbocycles. The molecule has 2 aromatic rings. The zero-order valence-electron chi connectivity index (χ0n) is 13.9. The Morgan fingerprint density at radius 3 is 2.69 bits per heavy atom. The maximum Gasteiger partial charge on any atom is 0.513 e. The van der Waals surface area contributed by atoms with Gasteiger partial charge in [-0.3, -0.25) is 14.9 Å². The lowest BCUT2D eigenvalue weighted by atomic mass is 10.2. The summed E-state index contributed by atoms with van der Waals surface area (Å²) in [7, 11) is 1.10. The number of hydrogen-bond acceptors (Lipinski definition) is 9. The van der Waals surface area contributed by atoms with Crippen molar-refractivity contribution in [1.29, 1.82) is 0 Å². The molecular formula is C15H17N3O8. The number of carbonyl (C=O) groups is 2. The van der Waals surface area contributed by atoms with Crippen LogP contribution in [-0.2, 0) is 16.1 Å². The third-order valence-corrected chi connectivity index (χ3v) is 3.45. The van der Waals surface area contributed by atoms with E-state index in [2.05, 4.69) is 10.1 Å². The Morgan fingerprint density at radius 2 is 2.08 bits per heavy atom. The number of methoxy groups -OCH3 is 1. The quantitative estimate of drug-likeness (QED) is 0.326. The van der Waals surface area contributed by atoms with E-state index < -0.39 is 42.2 Å². The summed E-state index contributed by atoms with van der Waals surface area (Å²) in [6, 6.07) is 3.20. The normalized spacial score (nSPS) is 13.2. The average molecular weight is 367 g/mol. The Hall–Kier alpha value is -3.18. The lowest BCUT2D eigenvalue weighted by Crippen LogP contribution is -2.48. The first-order valence-electron chi connectivity index (χ1n) is 7.40. The maximum absolute atomic E-state index is 12.5. The first kappa shape index (κ1) is 19.1. The molecule has 2 unspecified atom stereocenters. The van der Waals surface area contributed by atoms with Gasteiger partial charge in [0.1, 0.15) is 6.23 Å². The van der Waals surface area contributed by atoms with E-state index in [1.54, 1.807) is 0 Å². The number of benzene rings is 1. The van der Waals surface area contributed by atoms with Crippen molar-refractivity contribution < 1.29 is 28.6 Å². The summed E-state index contributed by atoms with van der Waals surface area (Å²) in [5.74, 6) is -1.97. The van der Waals surface area contributed by atoms with Crippen LogP contribution in [0, 0.1) is 0 Å². The number of para-hydroxylation sites is 1. The van der Waals surface area contributed by atoms with Crippen LogP contribution in [0.5, 0.6) is 5.75 Å². The Morgan fingerprint density at radius 1 is 1.38 bits per heavy atom. The molecule has 1 heterocycles. The van der Waals surface area contributed by atoms with Crippen molar-refractivity contribution in [2.45, 2.75) is 25.7 Å². The first-order chi connectivity index (χ1) is 12.2. The monoisotopic (exact) mass is 367 g/mol. The summed E-state index contributed by atoms with van der Waals surface area (Å²) >= 11 is 0. The van der Waals surface area contributed by atoms with Crippen molar-refractivity contribution in [3.8, 4) is 5.75 Å². The molecule has 0 aliphatic rings. The SMILES string of the molecule is COC(=O)Oc1cccc2c(=O)n(CC(O)NC(C)C(N)=O)c(=O)oc12. The van der Waals surface area contributed by atoms with Gasteiger partial charge in [-0.05, 0) is 19.1 Å². The van der Waals surface area contributed by atoms with Crippen LogP contribution in [0.4, 0.5) is 4.79 Å². The van der Waals surface area contributed by atoms with Crippen molar-refractivity contribution >= 4 is 23.0 Å². The molecule has 2 atom stereocenters. The van der Waals surface area contributed by atoms with Gasteiger partial charge in [-0.2, -0.15) is 0 Å². The summed E-state index contributed by atoms with van der Waals surface area (Å²) in [6.07, 6.45) is -2.46. The number of aromatic nitrogens is 1. The van der Waals surface area contributed by atoms with Crippen molar-refractivity contribution in [1.82, 2.24) is 9.88 Å². The molecule has 140 valence electrons. The third kappa shape index (κ3) is 4.07. The zero-order valence-corrected chi connectivity index (χ0v) is 13.9. The van der Waals surface area contributed by atoms with Gasteiger partial charge in [-0.15, -0.1) is 0 Å². The van der Waals surface area contributed by atoms with Crippen molar-refractivity contribution in [3.63, 3.8) is 0 Å². The highest BCUT2D eigenvalue weighted by atomic mass is 16.7. The number of rotatable bonds is 6. The van der Waals surface area contributed by atoms with Gasteiger partial charge in [-0.1, -0.05) is 6.07 Å². The van der Waals surface area contributed by atoms with E-state index in [-0.39, 0.29) is 16.7 Å². The Bertz CT molecular complexity index is 948. The molecule has 11 nitrogen and oxygen atoms in total. The van der Waals surface area contributed by atoms with E-state index in [4.69, 9.17) is 14.9 Å². The number of amides is 1. The Labute approximate surface area is 145 Å². The molecular weight excluding hydrogens is 350 g/mol. The number of hydrogen-bond donors (Lipinski definition) is 3. The molecule has 2 rings (SSSR count). The molecule has 0 saturated carbocycles. The molecule has 0 spiro atoms. The minimum Gasteiger partial charge on any atom is -0.437 e. The van der Waals surface area contributed by atoms with Gasteiger partial charge >= 0.3 is 11.9 Å².